The van der Waals surface area contributed by atoms with E-state index in [1.807, 2.05) is 4.90 Å². The Labute approximate surface area is 196 Å². The molecule has 34 heavy (non-hydrogen) atoms. The Morgan fingerprint density at radius 1 is 1.21 bits per heavy atom. The number of nitrogens with one attached hydrogen (secondary N) is 2. The topological polar surface area (TPSA) is 103 Å². The summed E-state index contributed by atoms with van der Waals surface area (Å²) in [6, 6.07) is 4.51. The third-order valence-corrected chi connectivity index (χ3v) is 7.01. The largest absolute Gasteiger partial charge is 0.329 e. The highest BCUT2D eigenvalue weighted by Crippen LogP contribution is 2.40. The van der Waals surface area contributed by atoms with E-state index in [-0.39, 0.29) is 11.9 Å². The molecule has 0 radical (unpaired) electrons. The molecule has 10 heteroatoms. The van der Waals surface area contributed by atoms with Crippen molar-refractivity contribution in [2.75, 3.05) is 28.7 Å². The fraction of sp³-hybridized carbons (Fsp3) is 0.458. The first-order valence-corrected chi connectivity index (χ1v) is 11.9. The second-order valence-electron chi connectivity index (χ2n) is 9.35. The molecule has 3 aromatic rings. The zero-order valence-corrected chi connectivity index (χ0v) is 19.1. The zero-order valence-electron chi connectivity index (χ0n) is 19.1. The summed E-state index contributed by atoms with van der Waals surface area (Å²) in [6.45, 7) is 0.707. The summed E-state index contributed by atoms with van der Waals surface area (Å²) in [5, 5.41) is 11.0. The predicted octanol–water partition coefficient (Wildman–Crippen LogP) is 3.48. The molecule has 6 rings (SSSR count). The number of anilines is 4. The first-order chi connectivity index (χ1) is 16.6. The predicted molar refractivity (Wildman–Crippen MR) is 126 cm³/mol. The highest BCUT2D eigenvalue weighted by Gasteiger charge is 2.36. The van der Waals surface area contributed by atoms with Crippen LogP contribution in [-0.2, 0) is 17.6 Å². The van der Waals surface area contributed by atoms with Crippen LogP contribution in [0.5, 0.6) is 0 Å². The molecule has 1 atom stereocenters. The van der Waals surface area contributed by atoms with Crippen LogP contribution in [0.1, 0.15) is 55.0 Å². The minimum absolute atomic E-state index is 0.0779. The quantitative estimate of drug-likeness (QED) is 0.541. The lowest BCUT2D eigenvalue weighted by Crippen LogP contribution is -2.45. The van der Waals surface area contributed by atoms with Crippen molar-refractivity contribution < 1.29 is 9.18 Å². The number of amides is 1. The van der Waals surface area contributed by atoms with Crippen molar-refractivity contribution in [1.29, 1.82) is 0 Å². The Morgan fingerprint density at radius 3 is 2.88 bits per heavy atom. The molecule has 9 nitrogen and oxygen atoms in total. The number of carbonyl (C=O) groups excluding carboxylic acids is 1. The van der Waals surface area contributed by atoms with Gasteiger partial charge in [0.2, 0.25) is 17.8 Å². The fourth-order valence-corrected chi connectivity index (χ4v) is 4.96. The van der Waals surface area contributed by atoms with Crippen LogP contribution in [0.3, 0.4) is 0 Å². The SMILES string of the molecule is CN(C(=O)[C@@H]1CCCN1c1nc2c(c(Nc3cc(C4CC4)[nH]n3)n1)CCC2)c1ccc(F)nc1. The fourth-order valence-electron chi connectivity index (χ4n) is 4.96. The summed E-state index contributed by atoms with van der Waals surface area (Å²) in [5.74, 6) is 2.06. The number of aromatic amines is 1. The molecule has 1 aliphatic heterocycles. The number of aryl methyl sites for hydroxylation is 1. The lowest BCUT2D eigenvalue weighted by Gasteiger charge is -2.28. The maximum Gasteiger partial charge on any atom is 0.249 e. The smallest absolute Gasteiger partial charge is 0.249 e. The normalized spacial score (nSPS) is 19.4. The van der Waals surface area contributed by atoms with E-state index in [1.165, 1.54) is 30.0 Å². The van der Waals surface area contributed by atoms with Crippen LogP contribution in [0.15, 0.2) is 24.4 Å². The van der Waals surface area contributed by atoms with Gasteiger partial charge in [-0.25, -0.2) is 9.97 Å². The van der Waals surface area contributed by atoms with Gasteiger partial charge in [0.05, 0.1) is 17.6 Å². The van der Waals surface area contributed by atoms with E-state index in [0.717, 1.165) is 54.3 Å². The number of aromatic nitrogens is 5. The molecule has 176 valence electrons. The lowest BCUT2D eigenvalue weighted by atomic mass is 10.2. The van der Waals surface area contributed by atoms with Crippen LogP contribution in [0.2, 0.25) is 0 Å². The molecular formula is C24H27FN8O. The zero-order chi connectivity index (χ0) is 23.2. The van der Waals surface area contributed by atoms with Crippen molar-refractivity contribution in [3.05, 3.63) is 47.3 Å². The van der Waals surface area contributed by atoms with Gasteiger partial charge in [0, 0.05) is 36.8 Å². The second-order valence-corrected chi connectivity index (χ2v) is 9.35. The number of H-pyrrole nitrogens is 1. The van der Waals surface area contributed by atoms with Crippen molar-refractivity contribution in [2.45, 2.75) is 56.9 Å². The molecule has 0 unspecified atom stereocenters. The molecule has 3 aromatic heterocycles. The maximum absolute atomic E-state index is 13.4. The number of hydrogen-bond acceptors (Lipinski definition) is 7. The molecule has 0 spiro atoms. The average molecular weight is 463 g/mol. The number of halogens is 1. The number of hydrogen-bond donors (Lipinski definition) is 2. The van der Waals surface area contributed by atoms with Crippen molar-refractivity contribution in [2.24, 2.45) is 0 Å². The van der Waals surface area contributed by atoms with Crippen molar-refractivity contribution in [1.82, 2.24) is 25.1 Å². The average Bonchev–Trinajstić information content (AvgIpc) is 3.23. The minimum Gasteiger partial charge on any atom is -0.329 e. The number of carbonyl (C=O) groups is 1. The Bertz CT molecular complexity index is 1220. The van der Waals surface area contributed by atoms with E-state index in [0.29, 0.717) is 30.5 Å². The summed E-state index contributed by atoms with van der Waals surface area (Å²) < 4.78 is 13.2. The number of fused-ring (bicyclic) bond motifs is 1. The van der Waals surface area contributed by atoms with E-state index < -0.39 is 5.95 Å². The van der Waals surface area contributed by atoms with Crippen LogP contribution < -0.4 is 15.1 Å². The van der Waals surface area contributed by atoms with Crippen molar-refractivity contribution in [3.63, 3.8) is 0 Å². The monoisotopic (exact) mass is 462 g/mol. The Balaban J connectivity index is 1.27. The van der Waals surface area contributed by atoms with E-state index in [2.05, 4.69) is 26.6 Å². The number of likely N-dealkylation sites (N-methyl/N-ethyl adjacent to an activating group) is 1. The summed E-state index contributed by atoms with van der Waals surface area (Å²) in [7, 11) is 1.69. The second kappa shape index (κ2) is 8.34. The molecular weight excluding hydrogens is 435 g/mol. The molecule has 1 saturated carbocycles. The van der Waals surface area contributed by atoms with Crippen LogP contribution in [0.25, 0.3) is 0 Å². The minimum atomic E-state index is -0.570. The van der Waals surface area contributed by atoms with Gasteiger partial charge in [-0.1, -0.05) is 0 Å². The third kappa shape index (κ3) is 3.86. The van der Waals surface area contributed by atoms with E-state index in [9.17, 15) is 9.18 Å². The number of rotatable bonds is 6. The van der Waals surface area contributed by atoms with Gasteiger partial charge in [0.15, 0.2) is 5.82 Å². The Morgan fingerprint density at radius 2 is 2.09 bits per heavy atom. The molecule has 1 amide bonds. The molecule has 0 aromatic carbocycles. The van der Waals surface area contributed by atoms with Gasteiger partial charge in [-0.3, -0.25) is 9.89 Å². The number of nitrogens with zero attached hydrogens (tertiary/aromatic N) is 6. The van der Waals surface area contributed by atoms with Gasteiger partial charge >= 0.3 is 0 Å². The molecule has 2 N–H and O–H groups in total. The van der Waals surface area contributed by atoms with Gasteiger partial charge < -0.3 is 15.1 Å². The molecule has 0 bridgehead atoms. The molecule has 4 heterocycles. The summed E-state index contributed by atoms with van der Waals surface area (Å²) in [6.07, 6.45) is 8.26. The van der Waals surface area contributed by atoms with Gasteiger partial charge in [-0.05, 0) is 57.1 Å². The van der Waals surface area contributed by atoms with E-state index in [1.54, 1.807) is 13.1 Å². The number of pyridine rings is 1. The maximum atomic E-state index is 13.4. The lowest BCUT2D eigenvalue weighted by molar-refractivity contribution is -0.119. The molecule has 1 saturated heterocycles. The molecule has 2 fully saturated rings. The standard InChI is InChI=1S/C24H27FN8O/c1-32(15-9-10-20(25)26-13-15)23(34)19-6-3-11-33(19)24-27-17-5-2-4-16(17)22(29-24)28-21-12-18(30-31-21)14-7-8-14/h9-10,12-14,19H,2-8,11H2,1H3,(H2,27,28,29,30,31)/t19-/m0/s1. The molecule has 2 aliphatic carbocycles. The highest BCUT2D eigenvalue weighted by atomic mass is 19.1. The third-order valence-electron chi connectivity index (χ3n) is 7.01. The van der Waals surface area contributed by atoms with E-state index >= 15 is 0 Å². The summed E-state index contributed by atoms with van der Waals surface area (Å²) >= 11 is 0. The van der Waals surface area contributed by atoms with Gasteiger partial charge in [-0.15, -0.1) is 0 Å². The summed E-state index contributed by atoms with van der Waals surface area (Å²) in [5.41, 5.74) is 3.90. The van der Waals surface area contributed by atoms with Crippen LogP contribution >= 0.6 is 0 Å². The van der Waals surface area contributed by atoms with Crippen LogP contribution in [0, 0.1) is 5.95 Å². The Kier molecular flexibility index (Phi) is 5.15. The van der Waals surface area contributed by atoms with E-state index in [4.69, 9.17) is 9.97 Å². The first-order valence-electron chi connectivity index (χ1n) is 11.9. The van der Waals surface area contributed by atoms with Crippen molar-refractivity contribution in [3.8, 4) is 0 Å². The van der Waals surface area contributed by atoms with Gasteiger partial charge in [0.1, 0.15) is 11.9 Å². The van der Waals surface area contributed by atoms with Crippen molar-refractivity contribution >= 4 is 29.2 Å². The first kappa shape index (κ1) is 21.0. The van der Waals surface area contributed by atoms with Gasteiger partial charge in [-0.2, -0.15) is 14.5 Å². The summed E-state index contributed by atoms with van der Waals surface area (Å²) in [4.78, 5) is 30.3. The van der Waals surface area contributed by atoms with Crippen LogP contribution in [-0.4, -0.2) is 50.7 Å². The Hall–Kier alpha value is -3.56. The van der Waals surface area contributed by atoms with Crippen LogP contribution in [0.4, 0.5) is 27.7 Å². The highest BCUT2D eigenvalue weighted by molar-refractivity contribution is 5.98. The van der Waals surface area contributed by atoms with Gasteiger partial charge in [0.25, 0.3) is 0 Å². The molecule has 3 aliphatic rings.